The molecule has 0 aliphatic rings. The van der Waals surface area contributed by atoms with Gasteiger partial charge in [0.25, 0.3) is 0 Å². The normalized spacial score (nSPS) is 12.3. The summed E-state index contributed by atoms with van der Waals surface area (Å²) in [6.07, 6.45) is 2.78. The monoisotopic (exact) mass is 227 g/mol. The van der Waals surface area contributed by atoms with Gasteiger partial charge in [-0.25, -0.2) is 4.79 Å². The molecule has 0 aromatic carbocycles. The van der Waals surface area contributed by atoms with E-state index in [1.165, 1.54) is 0 Å². The average molecular weight is 227 g/mol. The van der Waals surface area contributed by atoms with Gasteiger partial charge < -0.3 is 14.2 Å². The Morgan fingerprint density at radius 3 is 2.81 bits per heavy atom. The summed E-state index contributed by atoms with van der Waals surface area (Å²) >= 11 is 0. The standard InChI is InChI=1S/C11H17NO4/c1-3-10(15-8-7-14-2)9-16-11(13)5-4-6-12/h4-5,10H,3,7-9H2,1-2H3. The minimum Gasteiger partial charge on any atom is -0.460 e. The first-order chi connectivity index (χ1) is 7.74. The van der Waals surface area contributed by atoms with Crippen molar-refractivity contribution >= 4 is 5.97 Å². The van der Waals surface area contributed by atoms with Crippen molar-refractivity contribution in [3.8, 4) is 6.07 Å². The van der Waals surface area contributed by atoms with Gasteiger partial charge >= 0.3 is 5.97 Å². The van der Waals surface area contributed by atoms with Crippen LogP contribution in [0.2, 0.25) is 0 Å². The van der Waals surface area contributed by atoms with Gasteiger partial charge in [0.2, 0.25) is 0 Å². The summed E-state index contributed by atoms with van der Waals surface area (Å²) in [6, 6.07) is 1.71. The third kappa shape index (κ3) is 7.97. The third-order valence-corrected chi connectivity index (χ3v) is 1.80. The smallest absolute Gasteiger partial charge is 0.331 e. The highest BCUT2D eigenvalue weighted by atomic mass is 16.6. The van der Waals surface area contributed by atoms with E-state index in [9.17, 15) is 4.79 Å². The van der Waals surface area contributed by atoms with Gasteiger partial charge in [-0.2, -0.15) is 5.26 Å². The van der Waals surface area contributed by atoms with E-state index in [2.05, 4.69) is 0 Å². The molecular formula is C11H17NO4. The summed E-state index contributed by atoms with van der Waals surface area (Å²) < 4.78 is 15.1. The lowest BCUT2D eigenvalue weighted by Crippen LogP contribution is -2.22. The van der Waals surface area contributed by atoms with Gasteiger partial charge in [0.15, 0.2) is 0 Å². The zero-order valence-electron chi connectivity index (χ0n) is 9.64. The van der Waals surface area contributed by atoms with Crippen molar-refractivity contribution < 1.29 is 19.0 Å². The Kier molecular flexibility index (Phi) is 9.27. The van der Waals surface area contributed by atoms with E-state index in [1.54, 1.807) is 13.2 Å². The van der Waals surface area contributed by atoms with E-state index < -0.39 is 5.97 Å². The summed E-state index contributed by atoms with van der Waals surface area (Å²) in [5.74, 6) is -0.532. The molecule has 16 heavy (non-hydrogen) atoms. The minimum atomic E-state index is -0.532. The molecule has 0 saturated heterocycles. The van der Waals surface area contributed by atoms with Crippen LogP contribution in [0.15, 0.2) is 12.2 Å². The molecule has 1 unspecified atom stereocenters. The average Bonchev–Trinajstić information content (AvgIpc) is 2.31. The number of nitrogens with zero attached hydrogens (tertiary/aromatic N) is 1. The molecule has 0 aromatic heterocycles. The lowest BCUT2D eigenvalue weighted by molar-refractivity contribution is -0.142. The number of hydrogen-bond donors (Lipinski definition) is 0. The van der Waals surface area contributed by atoms with Crippen molar-refractivity contribution in [2.45, 2.75) is 19.4 Å². The van der Waals surface area contributed by atoms with Gasteiger partial charge in [-0.1, -0.05) is 6.92 Å². The molecule has 0 saturated carbocycles. The summed E-state index contributed by atoms with van der Waals surface area (Å²) in [5, 5.41) is 8.20. The van der Waals surface area contributed by atoms with Crippen LogP contribution in [0.1, 0.15) is 13.3 Å². The number of methoxy groups -OCH3 is 1. The lowest BCUT2D eigenvalue weighted by Gasteiger charge is -2.15. The fourth-order valence-electron chi connectivity index (χ4n) is 0.910. The molecule has 1 atom stereocenters. The van der Waals surface area contributed by atoms with Crippen LogP contribution in [0.4, 0.5) is 0 Å². The van der Waals surface area contributed by atoms with Crippen LogP contribution in [0.3, 0.4) is 0 Å². The van der Waals surface area contributed by atoms with Gasteiger partial charge in [-0.15, -0.1) is 0 Å². The van der Waals surface area contributed by atoms with Gasteiger partial charge in [-0.3, -0.25) is 0 Å². The Hall–Kier alpha value is -1.38. The number of esters is 1. The van der Waals surface area contributed by atoms with E-state index in [0.717, 1.165) is 18.6 Å². The first-order valence-corrected chi connectivity index (χ1v) is 5.08. The fraction of sp³-hybridized carbons (Fsp3) is 0.636. The minimum absolute atomic E-state index is 0.130. The highest BCUT2D eigenvalue weighted by Crippen LogP contribution is 1.99. The first-order valence-electron chi connectivity index (χ1n) is 5.08. The Labute approximate surface area is 95.6 Å². The van der Waals surface area contributed by atoms with Crippen LogP contribution in [-0.4, -0.2) is 39.0 Å². The second kappa shape index (κ2) is 10.1. The van der Waals surface area contributed by atoms with E-state index in [0.29, 0.717) is 13.2 Å². The molecule has 5 nitrogen and oxygen atoms in total. The number of hydrogen-bond acceptors (Lipinski definition) is 5. The maximum atomic E-state index is 11.0. The molecule has 0 aromatic rings. The van der Waals surface area contributed by atoms with Gasteiger partial charge in [0, 0.05) is 19.3 Å². The van der Waals surface area contributed by atoms with Crippen LogP contribution >= 0.6 is 0 Å². The van der Waals surface area contributed by atoms with Crippen molar-refractivity contribution in [3.05, 3.63) is 12.2 Å². The maximum Gasteiger partial charge on any atom is 0.331 e. The molecule has 0 radical (unpaired) electrons. The van der Waals surface area contributed by atoms with Gasteiger partial charge in [0.05, 0.1) is 25.4 Å². The SMILES string of the molecule is CCC(COC(=O)C=CC#N)OCCOC. The molecule has 0 N–H and O–H groups in total. The van der Waals surface area contributed by atoms with E-state index >= 15 is 0 Å². The molecule has 0 amide bonds. The topological polar surface area (TPSA) is 68.6 Å². The van der Waals surface area contributed by atoms with Crippen LogP contribution in [-0.2, 0) is 19.0 Å². The Balaban J connectivity index is 3.73. The second-order valence-corrected chi connectivity index (χ2v) is 2.99. The molecular weight excluding hydrogens is 210 g/mol. The summed E-state index contributed by atoms with van der Waals surface area (Å²) in [6.45, 7) is 3.12. The molecule has 5 heteroatoms. The predicted molar refractivity (Wildman–Crippen MR) is 57.6 cm³/mol. The molecule has 0 aliphatic heterocycles. The quantitative estimate of drug-likeness (QED) is 0.268. The third-order valence-electron chi connectivity index (χ3n) is 1.80. The molecule has 90 valence electrons. The number of allylic oxidation sites excluding steroid dienone is 1. The first kappa shape index (κ1) is 14.6. The van der Waals surface area contributed by atoms with Crippen molar-refractivity contribution in [2.75, 3.05) is 26.9 Å². The van der Waals surface area contributed by atoms with Crippen molar-refractivity contribution in [3.63, 3.8) is 0 Å². The molecule has 0 rings (SSSR count). The molecule has 0 fully saturated rings. The van der Waals surface area contributed by atoms with Gasteiger partial charge in [-0.05, 0) is 6.42 Å². The highest BCUT2D eigenvalue weighted by Gasteiger charge is 2.08. The molecule has 0 aliphatic carbocycles. The number of nitriles is 1. The largest absolute Gasteiger partial charge is 0.460 e. The number of carbonyl (C=O) groups excluding carboxylic acids is 1. The lowest BCUT2D eigenvalue weighted by atomic mass is 10.3. The number of rotatable bonds is 8. The van der Waals surface area contributed by atoms with Crippen LogP contribution in [0.5, 0.6) is 0 Å². The summed E-state index contributed by atoms with van der Waals surface area (Å²) in [5.41, 5.74) is 0. The van der Waals surface area contributed by atoms with Crippen LogP contribution in [0, 0.1) is 11.3 Å². The molecule has 0 bridgehead atoms. The Morgan fingerprint density at radius 2 is 2.25 bits per heavy atom. The maximum absolute atomic E-state index is 11.0. The fourth-order valence-corrected chi connectivity index (χ4v) is 0.910. The molecule has 0 spiro atoms. The zero-order chi connectivity index (χ0) is 12.2. The van der Waals surface area contributed by atoms with Crippen molar-refractivity contribution in [2.24, 2.45) is 0 Å². The summed E-state index contributed by atoms with van der Waals surface area (Å²) in [4.78, 5) is 11.0. The number of ether oxygens (including phenoxy) is 3. The van der Waals surface area contributed by atoms with Crippen LogP contribution < -0.4 is 0 Å². The van der Waals surface area contributed by atoms with Gasteiger partial charge in [0.1, 0.15) is 6.61 Å². The number of carbonyl (C=O) groups is 1. The molecule has 0 heterocycles. The Morgan fingerprint density at radius 1 is 1.50 bits per heavy atom. The second-order valence-electron chi connectivity index (χ2n) is 2.99. The van der Waals surface area contributed by atoms with E-state index in [1.807, 2.05) is 6.92 Å². The van der Waals surface area contributed by atoms with Crippen molar-refractivity contribution in [1.82, 2.24) is 0 Å². The Bertz CT molecular complexity index is 257. The predicted octanol–water partition coefficient (Wildman–Crippen LogP) is 1.05. The zero-order valence-corrected chi connectivity index (χ0v) is 9.64. The highest BCUT2D eigenvalue weighted by molar-refractivity contribution is 5.82. The summed E-state index contributed by atoms with van der Waals surface area (Å²) in [7, 11) is 1.59. The van der Waals surface area contributed by atoms with Crippen LogP contribution in [0.25, 0.3) is 0 Å². The van der Waals surface area contributed by atoms with E-state index in [-0.39, 0.29) is 12.7 Å². The van der Waals surface area contributed by atoms with Crippen molar-refractivity contribution in [1.29, 1.82) is 5.26 Å². The van der Waals surface area contributed by atoms with E-state index in [4.69, 9.17) is 19.5 Å².